The quantitative estimate of drug-likeness (QED) is 0.847. The van der Waals surface area contributed by atoms with Crippen LogP contribution < -0.4 is 0 Å². The van der Waals surface area contributed by atoms with E-state index in [0.29, 0.717) is 5.91 Å². The van der Waals surface area contributed by atoms with Crippen LogP contribution in [0.4, 0.5) is 0 Å². The van der Waals surface area contributed by atoms with Crippen molar-refractivity contribution in [3.8, 4) is 0 Å². The summed E-state index contributed by atoms with van der Waals surface area (Å²) in [6, 6.07) is 8.24. The molecular weight excluding hydrogens is 300 g/mol. The Balaban J connectivity index is 1.70. The van der Waals surface area contributed by atoms with E-state index in [2.05, 4.69) is 42.5 Å². The first-order valence-corrected chi connectivity index (χ1v) is 9.05. The van der Waals surface area contributed by atoms with Crippen molar-refractivity contribution in [2.45, 2.75) is 33.2 Å². The molecule has 24 heavy (non-hydrogen) atoms. The number of nitrogens with zero attached hydrogens (tertiary/aromatic N) is 4. The fourth-order valence-corrected chi connectivity index (χ4v) is 3.73. The third kappa shape index (κ3) is 3.31. The molecule has 0 unspecified atom stereocenters. The second kappa shape index (κ2) is 7.34. The van der Waals surface area contributed by atoms with Crippen molar-refractivity contribution < 1.29 is 4.79 Å². The molecule has 1 fully saturated rings. The third-order valence-corrected chi connectivity index (χ3v) is 5.17. The second-order valence-corrected chi connectivity index (χ2v) is 6.66. The van der Waals surface area contributed by atoms with E-state index in [1.54, 1.807) is 0 Å². The lowest BCUT2D eigenvalue weighted by molar-refractivity contribution is -0.137. The van der Waals surface area contributed by atoms with Crippen LogP contribution in [-0.2, 0) is 18.4 Å². The molecule has 1 amide bonds. The maximum atomic E-state index is 12.6. The third-order valence-electron chi connectivity index (χ3n) is 5.17. The van der Waals surface area contributed by atoms with Gasteiger partial charge in [-0.3, -0.25) is 9.69 Å². The van der Waals surface area contributed by atoms with Gasteiger partial charge in [0, 0.05) is 26.7 Å². The Kier molecular flexibility index (Phi) is 5.19. The van der Waals surface area contributed by atoms with Crippen molar-refractivity contribution >= 4 is 16.9 Å². The number of piperidine rings is 1. The Morgan fingerprint density at radius 2 is 2.04 bits per heavy atom. The summed E-state index contributed by atoms with van der Waals surface area (Å²) >= 11 is 0. The summed E-state index contributed by atoms with van der Waals surface area (Å²) in [5.74, 6) is 1.52. The van der Waals surface area contributed by atoms with Crippen LogP contribution in [-0.4, -0.2) is 51.4 Å². The van der Waals surface area contributed by atoms with E-state index in [1.807, 2.05) is 17.0 Å². The summed E-state index contributed by atoms with van der Waals surface area (Å²) in [5.41, 5.74) is 2.21. The fourth-order valence-electron chi connectivity index (χ4n) is 3.73. The molecule has 0 aliphatic carbocycles. The molecule has 3 rings (SSSR count). The molecule has 0 radical (unpaired) electrons. The van der Waals surface area contributed by atoms with Gasteiger partial charge in [-0.05, 0) is 45.4 Å². The monoisotopic (exact) mass is 328 g/mol. The number of hydrogen-bond donors (Lipinski definition) is 0. The van der Waals surface area contributed by atoms with Crippen LogP contribution >= 0.6 is 0 Å². The number of carbonyl (C=O) groups excluding carboxylic acids is 1. The van der Waals surface area contributed by atoms with E-state index in [-0.39, 0.29) is 5.92 Å². The molecule has 1 saturated heterocycles. The highest BCUT2D eigenvalue weighted by molar-refractivity contribution is 5.79. The maximum Gasteiger partial charge on any atom is 0.226 e. The van der Waals surface area contributed by atoms with Crippen molar-refractivity contribution in [3.05, 3.63) is 30.1 Å². The number of amides is 1. The molecule has 2 heterocycles. The molecule has 5 heteroatoms. The minimum atomic E-state index is 0.133. The van der Waals surface area contributed by atoms with E-state index in [9.17, 15) is 4.79 Å². The summed E-state index contributed by atoms with van der Waals surface area (Å²) in [5, 5.41) is 0. The van der Waals surface area contributed by atoms with Crippen LogP contribution in [0.15, 0.2) is 24.3 Å². The molecule has 0 spiro atoms. The van der Waals surface area contributed by atoms with Gasteiger partial charge in [0.2, 0.25) is 5.91 Å². The molecule has 1 aromatic carbocycles. The fraction of sp³-hybridized carbons (Fsp3) is 0.579. The molecule has 2 aromatic rings. The van der Waals surface area contributed by atoms with Crippen molar-refractivity contribution in [1.82, 2.24) is 19.4 Å². The van der Waals surface area contributed by atoms with Gasteiger partial charge in [-0.25, -0.2) is 4.98 Å². The number of aryl methyl sites for hydroxylation is 1. The lowest BCUT2D eigenvalue weighted by atomic mass is 9.96. The number of fused-ring (bicyclic) bond motifs is 1. The minimum Gasteiger partial charge on any atom is -0.343 e. The summed E-state index contributed by atoms with van der Waals surface area (Å²) in [4.78, 5) is 21.8. The number of imidazole rings is 1. The Morgan fingerprint density at radius 1 is 1.29 bits per heavy atom. The first-order chi connectivity index (χ1) is 11.6. The molecular formula is C19H28N4O. The van der Waals surface area contributed by atoms with E-state index in [0.717, 1.165) is 56.9 Å². The van der Waals surface area contributed by atoms with Gasteiger partial charge >= 0.3 is 0 Å². The van der Waals surface area contributed by atoms with Gasteiger partial charge in [0.15, 0.2) is 0 Å². The van der Waals surface area contributed by atoms with Gasteiger partial charge in [-0.1, -0.05) is 12.1 Å². The van der Waals surface area contributed by atoms with Gasteiger partial charge in [-0.2, -0.15) is 0 Å². The molecule has 1 aliphatic rings. The molecule has 0 bridgehead atoms. The summed E-state index contributed by atoms with van der Waals surface area (Å²) in [6.07, 6.45) is 2.09. The zero-order chi connectivity index (χ0) is 17.1. The normalized spacial score (nSPS) is 18.9. The van der Waals surface area contributed by atoms with Crippen LogP contribution in [0.1, 0.15) is 32.5 Å². The SMILES string of the molecule is CCN(CC)C(=O)[C@@H]1CCCN(Cc2nc3ccccc3n2C)C1. The highest BCUT2D eigenvalue weighted by atomic mass is 16.2. The van der Waals surface area contributed by atoms with E-state index in [1.165, 1.54) is 5.52 Å². The molecule has 1 atom stereocenters. The van der Waals surface area contributed by atoms with Crippen molar-refractivity contribution in [3.63, 3.8) is 0 Å². The predicted molar refractivity (Wildman–Crippen MR) is 96.6 cm³/mol. The number of aromatic nitrogens is 2. The zero-order valence-corrected chi connectivity index (χ0v) is 15.0. The molecule has 0 saturated carbocycles. The molecule has 1 aliphatic heterocycles. The van der Waals surface area contributed by atoms with E-state index >= 15 is 0 Å². The largest absolute Gasteiger partial charge is 0.343 e. The minimum absolute atomic E-state index is 0.133. The van der Waals surface area contributed by atoms with Crippen molar-refractivity contribution in [2.75, 3.05) is 26.2 Å². The number of carbonyl (C=O) groups is 1. The van der Waals surface area contributed by atoms with Gasteiger partial charge in [0.25, 0.3) is 0 Å². The highest BCUT2D eigenvalue weighted by Crippen LogP contribution is 2.22. The average Bonchev–Trinajstić information content (AvgIpc) is 2.92. The average molecular weight is 328 g/mol. The van der Waals surface area contributed by atoms with E-state index in [4.69, 9.17) is 4.98 Å². The maximum absolute atomic E-state index is 12.6. The molecule has 0 N–H and O–H groups in total. The number of rotatable bonds is 5. The van der Waals surface area contributed by atoms with Crippen LogP contribution in [0.3, 0.4) is 0 Å². The van der Waals surface area contributed by atoms with Crippen LogP contribution in [0.2, 0.25) is 0 Å². The van der Waals surface area contributed by atoms with Crippen molar-refractivity contribution in [1.29, 1.82) is 0 Å². The summed E-state index contributed by atoms with van der Waals surface area (Å²) in [6.45, 7) is 8.42. The smallest absolute Gasteiger partial charge is 0.226 e. The zero-order valence-electron chi connectivity index (χ0n) is 15.0. The second-order valence-electron chi connectivity index (χ2n) is 6.66. The standard InChI is InChI=1S/C19H28N4O/c1-4-23(5-2)19(24)15-9-8-12-22(13-15)14-18-20-16-10-6-7-11-17(16)21(18)3/h6-7,10-11,15H,4-5,8-9,12-14H2,1-3H3/t15-/m1/s1. The summed E-state index contributed by atoms with van der Waals surface area (Å²) in [7, 11) is 2.08. The lowest BCUT2D eigenvalue weighted by Crippen LogP contribution is -2.44. The van der Waals surface area contributed by atoms with Crippen LogP contribution in [0, 0.1) is 5.92 Å². The van der Waals surface area contributed by atoms with Gasteiger partial charge in [0.05, 0.1) is 23.5 Å². The van der Waals surface area contributed by atoms with Gasteiger partial charge < -0.3 is 9.47 Å². The summed E-state index contributed by atoms with van der Waals surface area (Å²) < 4.78 is 2.17. The molecule has 5 nitrogen and oxygen atoms in total. The highest BCUT2D eigenvalue weighted by Gasteiger charge is 2.28. The Bertz CT molecular complexity index is 704. The molecule has 1 aromatic heterocycles. The Labute approximate surface area is 144 Å². The first-order valence-electron chi connectivity index (χ1n) is 9.05. The Morgan fingerprint density at radius 3 is 2.75 bits per heavy atom. The van der Waals surface area contributed by atoms with Crippen LogP contribution in [0.5, 0.6) is 0 Å². The molecule has 130 valence electrons. The van der Waals surface area contributed by atoms with Crippen LogP contribution in [0.25, 0.3) is 11.0 Å². The Hall–Kier alpha value is -1.88. The lowest BCUT2D eigenvalue weighted by Gasteiger charge is -2.34. The number of hydrogen-bond acceptors (Lipinski definition) is 3. The predicted octanol–water partition coefficient (Wildman–Crippen LogP) is 2.65. The van der Waals surface area contributed by atoms with E-state index < -0.39 is 0 Å². The number of para-hydroxylation sites is 2. The topological polar surface area (TPSA) is 41.4 Å². The van der Waals surface area contributed by atoms with Gasteiger partial charge in [0.1, 0.15) is 5.82 Å². The van der Waals surface area contributed by atoms with Gasteiger partial charge in [-0.15, -0.1) is 0 Å². The number of likely N-dealkylation sites (tertiary alicyclic amines) is 1. The number of benzene rings is 1. The first kappa shape index (κ1) is 17.0. The van der Waals surface area contributed by atoms with Crippen molar-refractivity contribution in [2.24, 2.45) is 13.0 Å².